The summed E-state index contributed by atoms with van der Waals surface area (Å²) in [5.74, 6) is 3.45. The van der Waals surface area contributed by atoms with E-state index >= 15 is 0 Å². The van der Waals surface area contributed by atoms with Crippen LogP contribution in [0.4, 0.5) is 11.9 Å². The Kier molecular flexibility index (Phi) is 5.02. The Hall–Kier alpha value is -2.73. The number of hydrogen-bond donors (Lipinski definition) is 1. The summed E-state index contributed by atoms with van der Waals surface area (Å²) in [4.78, 5) is 20.7. The third kappa shape index (κ3) is 4.48. The van der Waals surface area contributed by atoms with E-state index < -0.39 is 0 Å². The van der Waals surface area contributed by atoms with Gasteiger partial charge in [0.2, 0.25) is 11.9 Å². The van der Waals surface area contributed by atoms with E-state index in [2.05, 4.69) is 36.2 Å². The van der Waals surface area contributed by atoms with Gasteiger partial charge in [0.25, 0.3) is 0 Å². The highest BCUT2D eigenvalue weighted by Crippen LogP contribution is 2.37. The molecule has 29 heavy (non-hydrogen) atoms. The molecule has 1 aliphatic carbocycles. The minimum absolute atomic E-state index is 0.541. The molecule has 3 aliphatic rings. The van der Waals surface area contributed by atoms with Gasteiger partial charge in [-0.05, 0) is 67.0 Å². The first-order valence-electron chi connectivity index (χ1n) is 10.2. The Morgan fingerprint density at radius 1 is 1.07 bits per heavy atom. The summed E-state index contributed by atoms with van der Waals surface area (Å²) in [6, 6.07) is 7.71. The fourth-order valence-electron chi connectivity index (χ4n) is 3.69. The van der Waals surface area contributed by atoms with Crippen LogP contribution < -0.4 is 10.2 Å². The van der Waals surface area contributed by atoms with Crippen molar-refractivity contribution in [2.45, 2.75) is 25.7 Å². The van der Waals surface area contributed by atoms with Crippen LogP contribution in [0.3, 0.4) is 0 Å². The fourth-order valence-corrected chi connectivity index (χ4v) is 3.88. The quantitative estimate of drug-likeness (QED) is 0.794. The minimum Gasteiger partial charge on any atom is -0.341 e. The van der Waals surface area contributed by atoms with Crippen LogP contribution in [0.2, 0.25) is 5.02 Å². The molecular formula is C22H23ClN6. The van der Waals surface area contributed by atoms with Gasteiger partial charge in [-0.1, -0.05) is 29.8 Å². The van der Waals surface area contributed by atoms with Gasteiger partial charge in [-0.15, -0.1) is 0 Å². The predicted octanol–water partition coefficient (Wildman–Crippen LogP) is 4.46. The average Bonchev–Trinajstić information content (AvgIpc) is 3.22. The van der Waals surface area contributed by atoms with E-state index in [0.717, 1.165) is 42.9 Å². The number of aromatic nitrogens is 3. The number of nitrogens with zero attached hydrogens (tertiary/aromatic N) is 5. The highest BCUT2D eigenvalue weighted by Gasteiger charge is 2.28. The van der Waals surface area contributed by atoms with Gasteiger partial charge in [-0.25, -0.2) is 0 Å². The molecule has 0 unspecified atom stereocenters. The van der Waals surface area contributed by atoms with Crippen LogP contribution in [0.15, 0.2) is 40.9 Å². The lowest BCUT2D eigenvalue weighted by atomic mass is 10.2. The highest BCUT2D eigenvalue weighted by molar-refractivity contribution is 6.30. The number of anilines is 2. The lowest BCUT2D eigenvalue weighted by Crippen LogP contribution is -2.22. The van der Waals surface area contributed by atoms with Crippen molar-refractivity contribution < 1.29 is 0 Å². The van der Waals surface area contributed by atoms with Crippen LogP contribution in [0.1, 0.15) is 37.1 Å². The minimum atomic E-state index is 0.541. The molecular weight excluding hydrogens is 384 g/mol. The van der Waals surface area contributed by atoms with Crippen molar-refractivity contribution in [1.29, 1.82) is 0 Å². The Balaban J connectivity index is 1.41. The fraction of sp³-hybridized carbons (Fsp3) is 0.364. The number of halogens is 1. The maximum absolute atomic E-state index is 6.09. The molecule has 1 aromatic carbocycles. The predicted molar refractivity (Wildman–Crippen MR) is 118 cm³/mol. The highest BCUT2D eigenvalue weighted by atomic mass is 35.5. The summed E-state index contributed by atoms with van der Waals surface area (Å²) in [5.41, 5.74) is 2.43. The summed E-state index contributed by atoms with van der Waals surface area (Å²) >= 11 is 6.09. The molecule has 2 fully saturated rings. The molecule has 0 radical (unpaired) electrons. The van der Waals surface area contributed by atoms with E-state index in [9.17, 15) is 0 Å². The molecule has 148 valence electrons. The largest absolute Gasteiger partial charge is 0.341 e. The second-order valence-corrected chi connectivity index (χ2v) is 8.16. The molecule has 0 amide bonds. The van der Waals surface area contributed by atoms with Crippen LogP contribution in [0.25, 0.3) is 12.2 Å². The van der Waals surface area contributed by atoms with E-state index in [-0.39, 0.29) is 0 Å². The van der Waals surface area contributed by atoms with Gasteiger partial charge < -0.3 is 10.2 Å². The molecule has 0 bridgehead atoms. The monoisotopic (exact) mass is 406 g/mol. The molecule has 1 aromatic heterocycles. The van der Waals surface area contributed by atoms with Crippen molar-refractivity contribution in [3.63, 3.8) is 0 Å². The smallest absolute Gasteiger partial charge is 0.233 e. The van der Waals surface area contributed by atoms with E-state index in [0.29, 0.717) is 16.8 Å². The first-order valence-corrected chi connectivity index (χ1v) is 10.6. The summed E-state index contributed by atoms with van der Waals surface area (Å²) in [5, 5.41) is 4.00. The van der Waals surface area contributed by atoms with Crippen molar-refractivity contribution in [2.75, 3.05) is 29.9 Å². The van der Waals surface area contributed by atoms with Crippen molar-refractivity contribution >= 4 is 41.5 Å². The van der Waals surface area contributed by atoms with E-state index in [1.165, 1.54) is 31.3 Å². The number of amidine groups is 1. The van der Waals surface area contributed by atoms with Crippen molar-refractivity contribution in [1.82, 2.24) is 15.0 Å². The molecule has 3 heterocycles. The zero-order valence-electron chi connectivity index (χ0n) is 16.2. The SMILES string of the molecule is Clc1cccc(/C=C/c2nc(NC3=NCC(C4CC4)=C3)nc(N3CCCC3)n2)c1. The lowest BCUT2D eigenvalue weighted by molar-refractivity contribution is 0.878. The molecule has 1 saturated carbocycles. The second kappa shape index (κ2) is 7.95. The van der Waals surface area contributed by atoms with Crippen LogP contribution in [-0.4, -0.2) is 40.4 Å². The molecule has 2 aromatic rings. The van der Waals surface area contributed by atoms with Crippen molar-refractivity contribution in [3.8, 4) is 0 Å². The maximum Gasteiger partial charge on any atom is 0.233 e. The molecule has 1 saturated heterocycles. The van der Waals surface area contributed by atoms with Crippen LogP contribution in [-0.2, 0) is 0 Å². The Morgan fingerprint density at radius 3 is 2.72 bits per heavy atom. The maximum atomic E-state index is 6.09. The van der Waals surface area contributed by atoms with Crippen LogP contribution in [0, 0.1) is 5.92 Å². The van der Waals surface area contributed by atoms with Crippen LogP contribution in [0.5, 0.6) is 0 Å². The van der Waals surface area contributed by atoms with E-state index in [4.69, 9.17) is 11.6 Å². The first-order chi connectivity index (χ1) is 14.2. The van der Waals surface area contributed by atoms with Gasteiger partial charge in [-0.2, -0.15) is 15.0 Å². The third-order valence-corrected chi connectivity index (χ3v) is 5.63. The van der Waals surface area contributed by atoms with Gasteiger partial charge >= 0.3 is 0 Å². The number of benzene rings is 1. The molecule has 0 spiro atoms. The first kappa shape index (κ1) is 18.3. The molecule has 6 nitrogen and oxygen atoms in total. The van der Waals surface area contributed by atoms with Gasteiger partial charge in [0.15, 0.2) is 5.82 Å². The number of aliphatic imine (C=N–C) groups is 1. The molecule has 5 rings (SSSR count). The zero-order chi connectivity index (χ0) is 19.6. The van der Waals surface area contributed by atoms with Gasteiger partial charge in [0, 0.05) is 18.1 Å². The van der Waals surface area contributed by atoms with Crippen LogP contribution >= 0.6 is 11.6 Å². The lowest BCUT2D eigenvalue weighted by Gasteiger charge is -2.16. The standard InChI is InChI=1S/C22H23ClN6/c23-18-5-3-4-15(12-18)6-9-19-25-21(28-22(27-19)29-10-1-2-11-29)26-20-13-17(14-24-20)16-7-8-16/h3-6,9,12-13,16H,1-2,7-8,10-11,14H2,(H,24,25,26,27,28)/b9-6+. The number of nitrogens with one attached hydrogen (secondary N) is 1. The Morgan fingerprint density at radius 2 is 1.93 bits per heavy atom. The zero-order valence-corrected chi connectivity index (χ0v) is 16.9. The normalized spacial score (nSPS) is 19.0. The Labute approximate surface area is 175 Å². The topological polar surface area (TPSA) is 66.3 Å². The molecule has 7 heteroatoms. The number of hydrogen-bond acceptors (Lipinski definition) is 6. The van der Waals surface area contributed by atoms with E-state index in [1.807, 2.05) is 36.4 Å². The Bertz CT molecular complexity index is 1000. The van der Waals surface area contributed by atoms with Crippen molar-refractivity contribution in [2.24, 2.45) is 10.9 Å². The van der Waals surface area contributed by atoms with Gasteiger partial charge in [-0.3, -0.25) is 4.99 Å². The van der Waals surface area contributed by atoms with Gasteiger partial charge in [0.05, 0.1) is 6.54 Å². The summed E-state index contributed by atoms with van der Waals surface area (Å²) in [6.45, 7) is 2.75. The van der Waals surface area contributed by atoms with Gasteiger partial charge in [0.1, 0.15) is 5.84 Å². The van der Waals surface area contributed by atoms with Crippen molar-refractivity contribution in [3.05, 3.63) is 52.3 Å². The molecule has 1 N–H and O–H groups in total. The van der Waals surface area contributed by atoms with E-state index in [1.54, 1.807) is 0 Å². The molecule has 2 aliphatic heterocycles. The second-order valence-electron chi connectivity index (χ2n) is 7.72. The summed E-state index contributed by atoms with van der Waals surface area (Å²) < 4.78 is 0. The molecule has 0 atom stereocenters. The number of rotatable bonds is 5. The third-order valence-electron chi connectivity index (χ3n) is 5.40. The summed E-state index contributed by atoms with van der Waals surface area (Å²) in [6.07, 6.45) is 10.9. The summed E-state index contributed by atoms with van der Waals surface area (Å²) in [7, 11) is 0. The average molecular weight is 407 g/mol.